The summed E-state index contributed by atoms with van der Waals surface area (Å²) in [6.45, 7) is 1.69. The zero-order valence-electron chi connectivity index (χ0n) is 7.52. The minimum absolute atomic E-state index is 0.328. The number of hydrogen-bond acceptors (Lipinski definition) is 5. The van der Waals surface area contributed by atoms with Crippen LogP contribution in [0.4, 0.5) is 5.82 Å². The average Bonchev–Trinajstić information content (AvgIpc) is 2.18. The Balaban J connectivity index is 2.55. The van der Waals surface area contributed by atoms with Crippen LogP contribution in [0.5, 0.6) is 0 Å². The summed E-state index contributed by atoms with van der Waals surface area (Å²) >= 11 is 0. The van der Waals surface area contributed by atoms with Crippen molar-refractivity contribution in [1.29, 1.82) is 0 Å². The van der Waals surface area contributed by atoms with Crippen molar-refractivity contribution in [3.05, 3.63) is 18.6 Å². The molecule has 0 aliphatic heterocycles. The number of methoxy groups -OCH3 is 1. The van der Waals surface area contributed by atoms with Gasteiger partial charge in [0.25, 0.3) is 0 Å². The van der Waals surface area contributed by atoms with Crippen LogP contribution in [-0.2, 0) is 9.53 Å². The second-order valence-electron chi connectivity index (χ2n) is 2.48. The highest BCUT2D eigenvalue weighted by Gasteiger charge is 2.12. The first-order valence-corrected chi connectivity index (χ1v) is 3.84. The molecule has 1 aromatic rings. The van der Waals surface area contributed by atoms with Crippen LogP contribution in [0, 0.1) is 0 Å². The maximum atomic E-state index is 11.0. The first kappa shape index (κ1) is 9.44. The van der Waals surface area contributed by atoms with Gasteiger partial charge in [-0.2, -0.15) is 0 Å². The summed E-state index contributed by atoms with van der Waals surface area (Å²) in [6, 6.07) is -0.415. The fourth-order valence-corrected chi connectivity index (χ4v) is 0.831. The summed E-state index contributed by atoms with van der Waals surface area (Å²) < 4.78 is 4.53. The fourth-order valence-electron chi connectivity index (χ4n) is 0.831. The number of hydrogen-bond donors (Lipinski definition) is 1. The van der Waals surface area contributed by atoms with E-state index >= 15 is 0 Å². The Morgan fingerprint density at radius 3 is 2.92 bits per heavy atom. The van der Waals surface area contributed by atoms with E-state index in [4.69, 9.17) is 0 Å². The molecule has 1 heterocycles. The molecule has 0 amide bonds. The van der Waals surface area contributed by atoms with Gasteiger partial charge in [-0.3, -0.25) is 4.98 Å². The SMILES string of the molecule is COC(=O)C(C)Nc1cnccn1. The molecular formula is C8H11N3O2. The van der Waals surface area contributed by atoms with Gasteiger partial charge in [-0.05, 0) is 6.92 Å². The topological polar surface area (TPSA) is 64.1 Å². The number of nitrogens with one attached hydrogen (secondary N) is 1. The van der Waals surface area contributed by atoms with Crippen LogP contribution in [0.2, 0.25) is 0 Å². The smallest absolute Gasteiger partial charge is 0.328 e. The lowest BCUT2D eigenvalue weighted by molar-refractivity contribution is -0.141. The van der Waals surface area contributed by atoms with Crippen molar-refractivity contribution in [3.8, 4) is 0 Å². The van der Waals surface area contributed by atoms with E-state index in [9.17, 15) is 4.79 Å². The first-order valence-electron chi connectivity index (χ1n) is 3.84. The fraction of sp³-hybridized carbons (Fsp3) is 0.375. The van der Waals surface area contributed by atoms with Gasteiger partial charge in [-0.15, -0.1) is 0 Å². The number of anilines is 1. The van der Waals surface area contributed by atoms with Crippen molar-refractivity contribution in [3.63, 3.8) is 0 Å². The highest BCUT2D eigenvalue weighted by Crippen LogP contribution is 2.00. The molecule has 0 spiro atoms. The van der Waals surface area contributed by atoms with Crippen LogP contribution >= 0.6 is 0 Å². The maximum absolute atomic E-state index is 11.0. The number of rotatable bonds is 3. The van der Waals surface area contributed by atoms with Gasteiger partial charge in [0.2, 0.25) is 0 Å². The van der Waals surface area contributed by atoms with E-state index in [1.807, 2.05) is 0 Å². The molecule has 13 heavy (non-hydrogen) atoms. The van der Waals surface area contributed by atoms with Crippen LogP contribution in [0.1, 0.15) is 6.92 Å². The molecule has 0 aliphatic rings. The number of carbonyl (C=O) groups excluding carboxylic acids is 1. The molecule has 5 nitrogen and oxygen atoms in total. The molecule has 5 heteroatoms. The van der Waals surface area contributed by atoms with Crippen LogP contribution in [-0.4, -0.2) is 29.1 Å². The third-order valence-electron chi connectivity index (χ3n) is 1.48. The minimum Gasteiger partial charge on any atom is -0.467 e. The number of ether oxygens (including phenoxy) is 1. The molecule has 1 N–H and O–H groups in total. The van der Waals surface area contributed by atoms with Gasteiger partial charge < -0.3 is 10.1 Å². The molecule has 0 bridgehead atoms. The molecule has 0 radical (unpaired) electrons. The van der Waals surface area contributed by atoms with Gasteiger partial charge in [0.1, 0.15) is 11.9 Å². The van der Waals surface area contributed by atoms with Gasteiger partial charge in [0, 0.05) is 12.4 Å². The molecule has 0 saturated carbocycles. The summed E-state index contributed by atoms with van der Waals surface area (Å²) in [4.78, 5) is 18.8. The minimum atomic E-state index is -0.415. The van der Waals surface area contributed by atoms with Crippen molar-refractivity contribution >= 4 is 11.8 Å². The molecule has 0 aliphatic carbocycles. The zero-order chi connectivity index (χ0) is 9.68. The first-order chi connectivity index (χ1) is 6.24. The average molecular weight is 181 g/mol. The third kappa shape index (κ3) is 2.70. The molecule has 0 fully saturated rings. The Hall–Kier alpha value is -1.65. The molecule has 1 aromatic heterocycles. The van der Waals surface area contributed by atoms with Crippen LogP contribution in [0.15, 0.2) is 18.6 Å². The summed E-state index contributed by atoms with van der Waals surface area (Å²) in [5, 5.41) is 2.84. The monoisotopic (exact) mass is 181 g/mol. The van der Waals surface area contributed by atoms with Crippen LogP contribution in [0.25, 0.3) is 0 Å². The second-order valence-corrected chi connectivity index (χ2v) is 2.48. The number of aromatic nitrogens is 2. The summed E-state index contributed by atoms with van der Waals surface area (Å²) in [7, 11) is 1.34. The summed E-state index contributed by atoms with van der Waals surface area (Å²) in [5.41, 5.74) is 0. The molecule has 1 rings (SSSR count). The number of nitrogens with zero attached hydrogens (tertiary/aromatic N) is 2. The van der Waals surface area contributed by atoms with Gasteiger partial charge in [0.05, 0.1) is 13.3 Å². The number of carbonyl (C=O) groups is 1. The second kappa shape index (κ2) is 4.39. The molecule has 1 unspecified atom stereocenters. The molecule has 0 aromatic carbocycles. The quantitative estimate of drug-likeness (QED) is 0.686. The Morgan fingerprint density at radius 2 is 2.38 bits per heavy atom. The van der Waals surface area contributed by atoms with Crippen LogP contribution in [0.3, 0.4) is 0 Å². The van der Waals surface area contributed by atoms with E-state index in [-0.39, 0.29) is 5.97 Å². The van der Waals surface area contributed by atoms with E-state index < -0.39 is 6.04 Å². The van der Waals surface area contributed by atoms with E-state index in [2.05, 4.69) is 20.0 Å². The van der Waals surface area contributed by atoms with Crippen molar-refractivity contribution in [2.24, 2.45) is 0 Å². The molecule has 70 valence electrons. The van der Waals surface area contributed by atoms with Crippen LogP contribution < -0.4 is 5.32 Å². The highest BCUT2D eigenvalue weighted by molar-refractivity contribution is 5.78. The molecular weight excluding hydrogens is 170 g/mol. The molecule has 1 atom stereocenters. The van der Waals surface area contributed by atoms with Gasteiger partial charge >= 0.3 is 5.97 Å². The van der Waals surface area contributed by atoms with Crippen molar-refractivity contribution in [2.75, 3.05) is 12.4 Å². The largest absolute Gasteiger partial charge is 0.467 e. The summed E-state index contributed by atoms with van der Waals surface area (Å²) in [5.74, 6) is 0.228. The Kier molecular flexibility index (Phi) is 3.19. The third-order valence-corrected chi connectivity index (χ3v) is 1.48. The lowest BCUT2D eigenvalue weighted by Gasteiger charge is -2.10. The normalized spacial score (nSPS) is 11.8. The Morgan fingerprint density at radius 1 is 1.62 bits per heavy atom. The van der Waals surface area contributed by atoms with Crippen molar-refractivity contribution < 1.29 is 9.53 Å². The van der Waals surface area contributed by atoms with Crippen molar-refractivity contribution in [2.45, 2.75) is 13.0 Å². The maximum Gasteiger partial charge on any atom is 0.328 e. The Labute approximate surface area is 76.2 Å². The molecule has 0 saturated heterocycles. The van der Waals surface area contributed by atoms with Gasteiger partial charge in [0.15, 0.2) is 0 Å². The standard InChI is InChI=1S/C8H11N3O2/c1-6(8(12)13-2)11-7-5-9-3-4-10-7/h3-6H,1-2H3,(H,10,11). The van der Waals surface area contributed by atoms with E-state index in [0.29, 0.717) is 5.82 Å². The van der Waals surface area contributed by atoms with Gasteiger partial charge in [-0.1, -0.05) is 0 Å². The summed E-state index contributed by atoms with van der Waals surface area (Å²) in [6.07, 6.45) is 4.65. The van der Waals surface area contributed by atoms with E-state index in [1.165, 1.54) is 7.11 Å². The number of esters is 1. The highest BCUT2D eigenvalue weighted by atomic mass is 16.5. The van der Waals surface area contributed by atoms with Crippen molar-refractivity contribution in [1.82, 2.24) is 9.97 Å². The lowest BCUT2D eigenvalue weighted by atomic mass is 10.3. The Bertz CT molecular complexity index is 276. The van der Waals surface area contributed by atoms with Gasteiger partial charge in [-0.25, -0.2) is 9.78 Å². The predicted molar refractivity (Wildman–Crippen MR) is 47.1 cm³/mol. The predicted octanol–water partition coefficient (Wildman–Crippen LogP) is 0.450. The lowest BCUT2D eigenvalue weighted by Crippen LogP contribution is -2.27. The van der Waals surface area contributed by atoms with E-state index in [1.54, 1.807) is 25.5 Å². The van der Waals surface area contributed by atoms with E-state index in [0.717, 1.165) is 0 Å². The zero-order valence-corrected chi connectivity index (χ0v) is 7.52.